The van der Waals surface area contributed by atoms with Gasteiger partial charge in [-0.1, -0.05) is 38.0 Å². The summed E-state index contributed by atoms with van der Waals surface area (Å²) < 4.78 is 0. The van der Waals surface area contributed by atoms with E-state index in [9.17, 15) is 14.7 Å². The molecule has 0 aliphatic heterocycles. The average Bonchev–Trinajstić information content (AvgIpc) is 2.42. The zero-order chi connectivity index (χ0) is 16.9. The lowest BCUT2D eigenvalue weighted by atomic mass is 10.0. The molecular weight excluding hydrogens is 278 g/mol. The number of anilines is 1. The third-order valence-corrected chi connectivity index (χ3v) is 3.83. The van der Waals surface area contributed by atoms with Gasteiger partial charge < -0.3 is 10.0 Å². The van der Waals surface area contributed by atoms with Gasteiger partial charge in [0.05, 0.1) is 5.92 Å². The maximum Gasteiger partial charge on any atom is 0.308 e. The molecule has 1 rings (SSSR count). The lowest BCUT2D eigenvalue weighted by molar-refractivity contribution is -0.140. The normalized spacial score (nSPS) is 12.0. The number of carboxylic acid groups (broad SMARTS) is 1. The molecule has 0 saturated carbocycles. The molecule has 4 heteroatoms. The summed E-state index contributed by atoms with van der Waals surface area (Å²) in [7, 11) is 0. The molecule has 22 heavy (non-hydrogen) atoms. The summed E-state index contributed by atoms with van der Waals surface area (Å²) in [4.78, 5) is 25.4. The number of carboxylic acids is 1. The quantitative estimate of drug-likeness (QED) is 0.832. The van der Waals surface area contributed by atoms with E-state index in [2.05, 4.69) is 0 Å². The van der Waals surface area contributed by atoms with Crippen LogP contribution in [0.25, 0.3) is 0 Å². The van der Waals surface area contributed by atoms with E-state index in [0.717, 1.165) is 35.2 Å². The molecule has 0 saturated heterocycles. The summed E-state index contributed by atoms with van der Waals surface area (Å²) in [5.74, 6) is -1.47. The molecule has 0 spiro atoms. The first-order chi connectivity index (χ1) is 10.3. The summed E-state index contributed by atoms with van der Waals surface area (Å²) >= 11 is 0. The number of aliphatic carboxylic acids is 1. The van der Waals surface area contributed by atoms with Crippen LogP contribution in [-0.4, -0.2) is 23.5 Å². The number of benzene rings is 1. The van der Waals surface area contributed by atoms with Crippen LogP contribution < -0.4 is 4.90 Å². The highest BCUT2D eigenvalue weighted by atomic mass is 16.4. The fourth-order valence-electron chi connectivity index (χ4n) is 2.73. The molecular formula is C18H27NO3. The first-order valence-electron chi connectivity index (χ1n) is 7.88. The van der Waals surface area contributed by atoms with Gasteiger partial charge in [0.15, 0.2) is 0 Å². The predicted molar refractivity (Wildman–Crippen MR) is 89.3 cm³/mol. The van der Waals surface area contributed by atoms with Crippen molar-refractivity contribution in [3.05, 3.63) is 28.8 Å². The van der Waals surface area contributed by atoms with Gasteiger partial charge in [0.2, 0.25) is 5.91 Å². The van der Waals surface area contributed by atoms with Crippen molar-refractivity contribution in [2.24, 2.45) is 5.92 Å². The van der Waals surface area contributed by atoms with Crippen molar-refractivity contribution >= 4 is 17.6 Å². The van der Waals surface area contributed by atoms with E-state index in [1.807, 2.05) is 39.8 Å². The summed E-state index contributed by atoms with van der Waals surface area (Å²) in [6.45, 7) is 9.86. The smallest absolute Gasteiger partial charge is 0.308 e. The van der Waals surface area contributed by atoms with Crippen molar-refractivity contribution in [2.45, 2.75) is 53.9 Å². The standard InChI is InChI=1S/C18H27NO3/c1-6-7-8-16(20)19(11-15(5)18(21)22)17-13(3)9-12(2)10-14(17)4/h9-10,15H,6-8,11H2,1-5H3,(H,21,22). The molecule has 122 valence electrons. The van der Waals surface area contributed by atoms with Gasteiger partial charge in [-0.2, -0.15) is 0 Å². The minimum atomic E-state index is -0.879. The second-order valence-corrected chi connectivity index (χ2v) is 6.09. The fourth-order valence-corrected chi connectivity index (χ4v) is 2.73. The molecule has 1 atom stereocenters. The van der Waals surface area contributed by atoms with Gasteiger partial charge in [0, 0.05) is 18.7 Å². The van der Waals surface area contributed by atoms with E-state index < -0.39 is 11.9 Å². The third-order valence-electron chi connectivity index (χ3n) is 3.83. The van der Waals surface area contributed by atoms with Crippen LogP contribution in [0.2, 0.25) is 0 Å². The number of aryl methyl sites for hydroxylation is 3. The van der Waals surface area contributed by atoms with Crippen LogP contribution in [0.4, 0.5) is 5.69 Å². The van der Waals surface area contributed by atoms with Gasteiger partial charge >= 0.3 is 5.97 Å². The van der Waals surface area contributed by atoms with E-state index in [1.165, 1.54) is 0 Å². The highest BCUT2D eigenvalue weighted by Gasteiger charge is 2.24. The highest BCUT2D eigenvalue weighted by Crippen LogP contribution is 2.28. The van der Waals surface area contributed by atoms with Crippen LogP contribution in [0.3, 0.4) is 0 Å². The van der Waals surface area contributed by atoms with E-state index in [0.29, 0.717) is 6.42 Å². The zero-order valence-electron chi connectivity index (χ0n) is 14.3. The molecule has 1 aromatic rings. The Hall–Kier alpha value is -1.84. The van der Waals surface area contributed by atoms with Gasteiger partial charge in [-0.15, -0.1) is 0 Å². The van der Waals surface area contributed by atoms with Crippen LogP contribution in [0.15, 0.2) is 12.1 Å². The van der Waals surface area contributed by atoms with Crippen LogP contribution in [-0.2, 0) is 9.59 Å². The summed E-state index contributed by atoms with van der Waals surface area (Å²) in [6.07, 6.45) is 2.22. The molecule has 1 aromatic carbocycles. The van der Waals surface area contributed by atoms with Crippen LogP contribution in [0.1, 0.15) is 49.8 Å². The maximum absolute atomic E-state index is 12.6. The van der Waals surface area contributed by atoms with Gasteiger partial charge in [-0.25, -0.2) is 0 Å². The molecule has 0 aromatic heterocycles. The molecule has 0 fully saturated rings. The summed E-state index contributed by atoms with van der Waals surface area (Å²) in [6, 6.07) is 4.07. The van der Waals surface area contributed by atoms with E-state index in [-0.39, 0.29) is 12.5 Å². The topological polar surface area (TPSA) is 57.6 Å². The van der Waals surface area contributed by atoms with Gasteiger partial charge in [0.25, 0.3) is 0 Å². The summed E-state index contributed by atoms with van der Waals surface area (Å²) in [5.41, 5.74) is 4.03. The largest absolute Gasteiger partial charge is 0.481 e. The molecule has 1 N–H and O–H groups in total. The number of carbonyl (C=O) groups is 2. The Morgan fingerprint density at radius 3 is 2.18 bits per heavy atom. The van der Waals surface area contributed by atoms with Crippen LogP contribution >= 0.6 is 0 Å². The Morgan fingerprint density at radius 1 is 1.18 bits per heavy atom. The minimum absolute atomic E-state index is 0.00463. The Balaban J connectivity index is 3.19. The van der Waals surface area contributed by atoms with Gasteiger partial charge in [0.1, 0.15) is 0 Å². The summed E-state index contributed by atoms with van der Waals surface area (Å²) in [5, 5.41) is 9.18. The lowest BCUT2D eigenvalue weighted by Crippen LogP contribution is -2.37. The van der Waals surface area contributed by atoms with Gasteiger partial charge in [-0.05, 0) is 38.3 Å². The number of rotatable bonds is 7. The van der Waals surface area contributed by atoms with Gasteiger partial charge in [-0.3, -0.25) is 9.59 Å². The van der Waals surface area contributed by atoms with Crippen molar-refractivity contribution in [3.63, 3.8) is 0 Å². The maximum atomic E-state index is 12.6. The lowest BCUT2D eigenvalue weighted by Gasteiger charge is -2.28. The van der Waals surface area contributed by atoms with E-state index >= 15 is 0 Å². The Kier molecular flexibility index (Phi) is 6.60. The van der Waals surface area contributed by atoms with Crippen molar-refractivity contribution in [1.29, 1.82) is 0 Å². The van der Waals surface area contributed by atoms with Crippen LogP contribution in [0, 0.1) is 26.7 Å². The number of amides is 1. The predicted octanol–water partition coefficient (Wildman–Crippen LogP) is 3.86. The zero-order valence-corrected chi connectivity index (χ0v) is 14.3. The number of carbonyl (C=O) groups excluding carboxylic acids is 1. The molecule has 0 bridgehead atoms. The van der Waals surface area contributed by atoms with Crippen molar-refractivity contribution in [3.8, 4) is 0 Å². The second-order valence-electron chi connectivity index (χ2n) is 6.09. The fraction of sp³-hybridized carbons (Fsp3) is 0.556. The third kappa shape index (κ3) is 4.58. The molecule has 0 aliphatic carbocycles. The Bertz CT molecular complexity index is 528. The van der Waals surface area contributed by atoms with Crippen molar-refractivity contribution in [2.75, 3.05) is 11.4 Å². The molecule has 0 heterocycles. The van der Waals surface area contributed by atoms with Crippen LogP contribution in [0.5, 0.6) is 0 Å². The molecule has 1 amide bonds. The highest BCUT2D eigenvalue weighted by molar-refractivity contribution is 5.95. The van der Waals surface area contributed by atoms with Crippen molar-refractivity contribution < 1.29 is 14.7 Å². The van der Waals surface area contributed by atoms with Crippen molar-refractivity contribution in [1.82, 2.24) is 0 Å². The average molecular weight is 305 g/mol. The monoisotopic (exact) mass is 305 g/mol. The Morgan fingerprint density at radius 2 is 1.73 bits per heavy atom. The molecule has 1 unspecified atom stereocenters. The number of hydrogen-bond acceptors (Lipinski definition) is 2. The Labute approximate surface area is 133 Å². The first kappa shape index (κ1) is 18.2. The molecule has 4 nitrogen and oxygen atoms in total. The number of hydrogen-bond donors (Lipinski definition) is 1. The molecule has 0 radical (unpaired) electrons. The number of nitrogens with zero attached hydrogens (tertiary/aromatic N) is 1. The SMILES string of the molecule is CCCCC(=O)N(CC(C)C(=O)O)c1c(C)cc(C)cc1C. The molecule has 0 aliphatic rings. The van der Waals surface area contributed by atoms with E-state index in [4.69, 9.17) is 0 Å². The number of unbranched alkanes of at least 4 members (excludes halogenated alkanes) is 1. The van der Waals surface area contributed by atoms with E-state index in [1.54, 1.807) is 11.8 Å². The first-order valence-corrected chi connectivity index (χ1v) is 7.88. The minimum Gasteiger partial charge on any atom is -0.481 e. The second kappa shape index (κ2) is 7.97.